The number of amides is 1. The molecular weight excluding hydrogens is 228 g/mol. The number of hydrogen-bond acceptors (Lipinski definition) is 3. The predicted octanol–water partition coefficient (Wildman–Crippen LogP) is 1.76. The SMILES string of the molecule is CN(C(=O)OCc1ccccc1)C12CNC(C1)C2. The lowest BCUT2D eigenvalue weighted by atomic mass is 9.77. The first kappa shape index (κ1) is 11.5. The second-order valence-corrected chi connectivity index (χ2v) is 5.31. The molecule has 0 atom stereocenters. The zero-order valence-corrected chi connectivity index (χ0v) is 10.6. The van der Waals surface area contributed by atoms with Gasteiger partial charge in [0.2, 0.25) is 0 Å². The van der Waals surface area contributed by atoms with Gasteiger partial charge in [0.1, 0.15) is 6.61 Å². The van der Waals surface area contributed by atoms with Gasteiger partial charge in [-0.3, -0.25) is 0 Å². The van der Waals surface area contributed by atoms with Crippen molar-refractivity contribution in [3.8, 4) is 0 Å². The lowest BCUT2D eigenvalue weighted by molar-refractivity contribution is 0.0427. The van der Waals surface area contributed by atoms with Crippen LogP contribution in [0.5, 0.6) is 0 Å². The minimum atomic E-state index is -0.221. The van der Waals surface area contributed by atoms with E-state index < -0.39 is 0 Å². The molecule has 4 nitrogen and oxygen atoms in total. The van der Waals surface area contributed by atoms with Gasteiger partial charge in [0.05, 0.1) is 5.54 Å². The van der Waals surface area contributed by atoms with Gasteiger partial charge in [-0.15, -0.1) is 0 Å². The number of carbonyl (C=O) groups is 1. The first-order valence-electron chi connectivity index (χ1n) is 6.37. The van der Waals surface area contributed by atoms with Crippen LogP contribution in [0.2, 0.25) is 0 Å². The van der Waals surface area contributed by atoms with Crippen LogP contribution >= 0.6 is 0 Å². The monoisotopic (exact) mass is 246 g/mol. The number of carbonyl (C=O) groups excluding carboxylic acids is 1. The summed E-state index contributed by atoms with van der Waals surface area (Å²) in [5, 5.41) is 3.39. The molecule has 0 radical (unpaired) electrons. The van der Waals surface area contributed by atoms with E-state index in [4.69, 9.17) is 4.74 Å². The van der Waals surface area contributed by atoms with E-state index in [-0.39, 0.29) is 11.6 Å². The summed E-state index contributed by atoms with van der Waals surface area (Å²) >= 11 is 0. The van der Waals surface area contributed by atoms with Crippen molar-refractivity contribution in [1.29, 1.82) is 0 Å². The van der Waals surface area contributed by atoms with E-state index >= 15 is 0 Å². The van der Waals surface area contributed by atoms with E-state index in [1.54, 1.807) is 4.90 Å². The minimum absolute atomic E-state index is 0.0123. The van der Waals surface area contributed by atoms with Crippen LogP contribution in [0.4, 0.5) is 4.79 Å². The van der Waals surface area contributed by atoms with Crippen molar-refractivity contribution in [2.24, 2.45) is 0 Å². The molecule has 96 valence electrons. The minimum Gasteiger partial charge on any atom is -0.445 e. The molecular formula is C14H18N2O2. The van der Waals surface area contributed by atoms with Gasteiger partial charge in [-0.1, -0.05) is 30.3 Å². The summed E-state index contributed by atoms with van der Waals surface area (Å²) < 4.78 is 5.35. The molecule has 1 amide bonds. The zero-order chi connectivity index (χ0) is 12.6. The van der Waals surface area contributed by atoms with E-state index in [2.05, 4.69) is 5.32 Å². The first-order valence-corrected chi connectivity index (χ1v) is 6.37. The van der Waals surface area contributed by atoms with Crippen LogP contribution in [0, 0.1) is 0 Å². The Hall–Kier alpha value is -1.55. The number of hydrogen-bond donors (Lipinski definition) is 1. The summed E-state index contributed by atoms with van der Waals surface area (Å²) in [4.78, 5) is 13.8. The van der Waals surface area contributed by atoms with Crippen LogP contribution in [-0.4, -0.2) is 36.2 Å². The predicted molar refractivity (Wildman–Crippen MR) is 68.1 cm³/mol. The standard InChI is InChI=1S/C14H18N2O2/c1-16(14-7-12(8-14)15-10-14)13(17)18-9-11-5-3-2-4-6-11/h2-6,12,15H,7-10H2,1H3. The summed E-state index contributed by atoms with van der Waals surface area (Å²) in [6.45, 7) is 1.24. The molecule has 18 heavy (non-hydrogen) atoms. The Morgan fingerprint density at radius 3 is 2.78 bits per heavy atom. The average Bonchev–Trinajstić information content (AvgIpc) is 2.96. The Morgan fingerprint density at radius 2 is 2.17 bits per heavy atom. The number of rotatable bonds is 3. The highest BCUT2D eigenvalue weighted by atomic mass is 16.6. The summed E-state index contributed by atoms with van der Waals surface area (Å²) in [7, 11) is 1.84. The zero-order valence-electron chi connectivity index (χ0n) is 10.6. The first-order chi connectivity index (χ1) is 8.70. The molecule has 1 N–H and O–H groups in total. The number of nitrogens with one attached hydrogen (secondary N) is 1. The van der Waals surface area contributed by atoms with Crippen LogP contribution < -0.4 is 5.32 Å². The van der Waals surface area contributed by atoms with Crippen molar-refractivity contribution in [2.75, 3.05) is 13.6 Å². The van der Waals surface area contributed by atoms with E-state index in [9.17, 15) is 4.79 Å². The molecule has 1 aromatic rings. The van der Waals surface area contributed by atoms with Gasteiger partial charge in [-0.05, 0) is 18.4 Å². The molecule has 1 aliphatic carbocycles. The summed E-state index contributed by atoms with van der Waals surface area (Å²) in [6, 6.07) is 10.4. The van der Waals surface area contributed by atoms with Gasteiger partial charge >= 0.3 is 6.09 Å². The lowest BCUT2D eigenvalue weighted by Crippen LogP contribution is -2.55. The molecule has 0 aromatic heterocycles. The van der Waals surface area contributed by atoms with E-state index in [0.717, 1.165) is 24.9 Å². The quantitative estimate of drug-likeness (QED) is 0.883. The Labute approximate surface area is 107 Å². The van der Waals surface area contributed by atoms with E-state index in [0.29, 0.717) is 12.6 Å². The molecule has 0 spiro atoms. The van der Waals surface area contributed by atoms with Crippen LogP contribution in [-0.2, 0) is 11.3 Å². The Kier molecular flexibility index (Phi) is 2.74. The molecule has 1 aromatic carbocycles. The van der Waals surface area contributed by atoms with Gasteiger partial charge in [-0.2, -0.15) is 0 Å². The fourth-order valence-electron chi connectivity index (χ4n) is 2.88. The Balaban J connectivity index is 1.55. The largest absolute Gasteiger partial charge is 0.445 e. The Morgan fingerprint density at radius 1 is 1.44 bits per heavy atom. The fraction of sp³-hybridized carbons (Fsp3) is 0.500. The molecule has 4 rings (SSSR count). The van der Waals surface area contributed by atoms with Crippen molar-refractivity contribution in [1.82, 2.24) is 10.2 Å². The second-order valence-electron chi connectivity index (χ2n) is 5.31. The number of benzene rings is 1. The third-order valence-corrected chi connectivity index (χ3v) is 4.16. The molecule has 1 saturated carbocycles. The number of nitrogens with zero attached hydrogens (tertiary/aromatic N) is 1. The lowest BCUT2D eigenvalue weighted by Gasteiger charge is -2.43. The molecule has 2 heterocycles. The molecule has 4 heteroatoms. The van der Waals surface area contributed by atoms with Gasteiger partial charge in [0.25, 0.3) is 0 Å². The average molecular weight is 246 g/mol. The maximum absolute atomic E-state index is 12.0. The van der Waals surface area contributed by atoms with Gasteiger partial charge < -0.3 is 15.0 Å². The molecule has 3 aliphatic rings. The molecule has 2 aliphatic heterocycles. The van der Waals surface area contributed by atoms with Crippen molar-refractivity contribution >= 4 is 6.09 Å². The maximum atomic E-state index is 12.0. The van der Waals surface area contributed by atoms with Gasteiger partial charge in [-0.25, -0.2) is 4.79 Å². The van der Waals surface area contributed by atoms with Gasteiger partial charge in [0, 0.05) is 19.6 Å². The van der Waals surface area contributed by atoms with Crippen molar-refractivity contribution in [2.45, 2.75) is 31.0 Å². The van der Waals surface area contributed by atoms with Crippen LogP contribution in [0.3, 0.4) is 0 Å². The van der Waals surface area contributed by atoms with Crippen molar-refractivity contribution < 1.29 is 9.53 Å². The van der Waals surface area contributed by atoms with Crippen LogP contribution in [0.15, 0.2) is 30.3 Å². The summed E-state index contributed by atoms with van der Waals surface area (Å²) in [5.74, 6) is 0. The summed E-state index contributed by atoms with van der Waals surface area (Å²) in [5.41, 5.74) is 1.03. The maximum Gasteiger partial charge on any atom is 0.410 e. The molecule has 2 bridgehead atoms. The number of ether oxygens (including phenoxy) is 1. The number of likely N-dealkylation sites (N-methyl/N-ethyl adjacent to an activating group) is 1. The van der Waals surface area contributed by atoms with Crippen LogP contribution in [0.1, 0.15) is 18.4 Å². The third kappa shape index (κ3) is 1.86. The number of fused-ring (bicyclic) bond motifs is 1. The highest BCUT2D eigenvalue weighted by molar-refractivity contribution is 5.69. The van der Waals surface area contributed by atoms with Crippen molar-refractivity contribution in [3.05, 3.63) is 35.9 Å². The van der Waals surface area contributed by atoms with Crippen LogP contribution in [0.25, 0.3) is 0 Å². The Bertz CT molecular complexity index is 435. The topological polar surface area (TPSA) is 41.6 Å². The molecule has 0 unspecified atom stereocenters. The highest BCUT2D eigenvalue weighted by Crippen LogP contribution is 2.42. The summed E-state index contributed by atoms with van der Waals surface area (Å²) in [6.07, 6.45) is 1.90. The highest BCUT2D eigenvalue weighted by Gasteiger charge is 2.54. The fourth-order valence-corrected chi connectivity index (χ4v) is 2.88. The van der Waals surface area contributed by atoms with E-state index in [1.165, 1.54) is 0 Å². The smallest absolute Gasteiger partial charge is 0.410 e. The van der Waals surface area contributed by atoms with E-state index in [1.807, 2.05) is 37.4 Å². The normalized spacial score (nSPS) is 28.6. The third-order valence-electron chi connectivity index (χ3n) is 4.16. The van der Waals surface area contributed by atoms with Crippen molar-refractivity contribution in [3.63, 3.8) is 0 Å². The second kappa shape index (κ2) is 4.28. The molecule has 2 saturated heterocycles. The van der Waals surface area contributed by atoms with Gasteiger partial charge in [0.15, 0.2) is 0 Å². The molecule has 3 fully saturated rings.